The minimum atomic E-state index is -0.156. The molecule has 3 nitrogen and oxygen atoms in total. The molecule has 102 valence electrons. The Morgan fingerprint density at radius 2 is 1.90 bits per heavy atom. The Balaban J connectivity index is 2.19. The quantitative estimate of drug-likeness (QED) is 0.931. The second-order valence-electron chi connectivity index (χ2n) is 4.09. The van der Waals surface area contributed by atoms with E-state index in [9.17, 15) is 5.11 Å². The van der Waals surface area contributed by atoms with Crippen molar-refractivity contribution in [3.63, 3.8) is 0 Å². The summed E-state index contributed by atoms with van der Waals surface area (Å²) in [6.07, 6.45) is 0. The van der Waals surface area contributed by atoms with Gasteiger partial charge in [-0.05, 0) is 18.2 Å². The standard InChI is InChI=1S/C15H11Cl2NO2/c16-13-3-1-2-11(8-19)15(13)20-9-12-5-4-10(7-18)6-14(12)17/h1-6,19H,8-9H2. The van der Waals surface area contributed by atoms with E-state index in [1.165, 1.54) is 0 Å². The molecule has 0 spiro atoms. The van der Waals surface area contributed by atoms with Gasteiger partial charge in [-0.15, -0.1) is 0 Å². The molecule has 0 heterocycles. The first-order valence-electron chi connectivity index (χ1n) is 5.85. The maximum absolute atomic E-state index is 9.26. The number of nitrogens with zero attached hydrogens (tertiary/aromatic N) is 1. The van der Waals surface area contributed by atoms with Crippen LogP contribution < -0.4 is 4.74 Å². The zero-order valence-electron chi connectivity index (χ0n) is 10.4. The van der Waals surface area contributed by atoms with E-state index in [0.717, 1.165) is 5.56 Å². The highest BCUT2D eigenvalue weighted by atomic mass is 35.5. The topological polar surface area (TPSA) is 53.2 Å². The van der Waals surface area contributed by atoms with Crippen molar-refractivity contribution < 1.29 is 9.84 Å². The molecule has 2 rings (SSSR count). The van der Waals surface area contributed by atoms with E-state index in [0.29, 0.717) is 26.9 Å². The summed E-state index contributed by atoms with van der Waals surface area (Å²) in [4.78, 5) is 0. The van der Waals surface area contributed by atoms with Crippen LogP contribution in [0, 0.1) is 11.3 Å². The summed E-state index contributed by atoms with van der Waals surface area (Å²) in [6.45, 7) is 0.0538. The van der Waals surface area contributed by atoms with Gasteiger partial charge in [-0.3, -0.25) is 0 Å². The molecular weight excluding hydrogens is 297 g/mol. The molecule has 0 fully saturated rings. The number of rotatable bonds is 4. The summed E-state index contributed by atoms with van der Waals surface area (Å²) < 4.78 is 5.64. The van der Waals surface area contributed by atoms with Crippen LogP contribution in [0.15, 0.2) is 36.4 Å². The highest BCUT2D eigenvalue weighted by molar-refractivity contribution is 6.32. The Hall–Kier alpha value is -1.73. The van der Waals surface area contributed by atoms with E-state index >= 15 is 0 Å². The van der Waals surface area contributed by atoms with Gasteiger partial charge in [0.1, 0.15) is 12.4 Å². The molecule has 0 aliphatic rings. The number of nitriles is 1. The number of para-hydroxylation sites is 1. The van der Waals surface area contributed by atoms with Crippen molar-refractivity contribution in [2.24, 2.45) is 0 Å². The number of aliphatic hydroxyl groups excluding tert-OH is 1. The highest BCUT2D eigenvalue weighted by Gasteiger charge is 2.09. The van der Waals surface area contributed by atoms with E-state index in [-0.39, 0.29) is 13.2 Å². The van der Waals surface area contributed by atoms with Crippen LogP contribution in [0.1, 0.15) is 16.7 Å². The van der Waals surface area contributed by atoms with Gasteiger partial charge in [-0.2, -0.15) is 5.26 Å². The molecule has 0 radical (unpaired) electrons. The summed E-state index contributed by atoms with van der Waals surface area (Å²) in [5.41, 5.74) is 1.85. The lowest BCUT2D eigenvalue weighted by Crippen LogP contribution is -2.00. The van der Waals surface area contributed by atoms with Crippen LogP contribution in [0.25, 0.3) is 0 Å². The number of hydrogen-bond acceptors (Lipinski definition) is 3. The molecule has 0 unspecified atom stereocenters. The van der Waals surface area contributed by atoms with Crippen LogP contribution in [0.4, 0.5) is 0 Å². The third kappa shape index (κ3) is 3.23. The van der Waals surface area contributed by atoms with E-state index in [4.69, 9.17) is 33.2 Å². The molecule has 0 bridgehead atoms. The third-order valence-electron chi connectivity index (χ3n) is 2.77. The molecule has 0 aliphatic carbocycles. The van der Waals surface area contributed by atoms with Gasteiger partial charge in [0.25, 0.3) is 0 Å². The van der Waals surface area contributed by atoms with Crippen LogP contribution in [0.3, 0.4) is 0 Å². The molecule has 0 aromatic heterocycles. The van der Waals surface area contributed by atoms with Gasteiger partial charge in [0.15, 0.2) is 0 Å². The molecule has 2 aromatic carbocycles. The van der Waals surface area contributed by atoms with Crippen LogP contribution in [-0.2, 0) is 13.2 Å². The summed E-state index contributed by atoms with van der Waals surface area (Å²) in [7, 11) is 0. The van der Waals surface area contributed by atoms with Gasteiger partial charge >= 0.3 is 0 Å². The van der Waals surface area contributed by atoms with Crippen LogP contribution in [-0.4, -0.2) is 5.11 Å². The fourth-order valence-corrected chi connectivity index (χ4v) is 2.21. The Kier molecular flexibility index (Phi) is 4.86. The first kappa shape index (κ1) is 14.7. The molecule has 1 N–H and O–H groups in total. The van der Waals surface area contributed by atoms with Crippen molar-refractivity contribution in [1.29, 1.82) is 5.26 Å². The average Bonchev–Trinajstić information content (AvgIpc) is 2.46. The molecule has 5 heteroatoms. The van der Waals surface area contributed by atoms with Gasteiger partial charge in [0.05, 0.1) is 23.3 Å². The highest BCUT2D eigenvalue weighted by Crippen LogP contribution is 2.30. The number of aliphatic hydroxyl groups is 1. The third-order valence-corrected chi connectivity index (χ3v) is 3.42. The smallest absolute Gasteiger partial charge is 0.143 e. The fraction of sp³-hybridized carbons (Fsp3) is 0.133. The van der Waals surface area contributed by atoms with Crippen molar-refractivity contribution in [1.82, 2.24) is 0 Å². The minimum absolute atomic E-state index is 0.156. The number of ether oxygens (including phenoxy) is 1. The minimum Gasteiger partial charge on any atom is -0.487 e. The predicted molar refractivity (Wildman–Crippen MR) is 77.9 cm³/mol. The van der Waals surface area contributed by atoms with Crippen molar-refractivity contribution in [3.8, 4) is 11.8 Å². The zero-order chi connectivity index (χ0) is 14.5. The van der Waals surface area contributed by atoms with E-state index < -0.39 is 0 Å². The molecular formula is C15H11Cl2NO2. The van der Waals surface area contributed by atoms with E-state index in [1.807, 2.05) is 6.07 Å². The molecule has 0 saturated heterocycles. The molecule has 0 amide bonds. The van der Waals surface area contributed by atoms with Crippen LogP contribution in [0.2, 0.25) is 10.0 Å². The number of benzene rings is 2. The number of hydrogen-bond donors (Lipinski definition) is 1. The monoisotopic (exact) mass is 307 g/mol. The Morgan fingerprint density at radius 3 is 2.55 bits per heavy atom. The van der Waals surface area contributed by atoms with Crippen molar-refractivity contribution in [2.75, 3.05) is 0 Å². The Labute approximate surface area is 126 Å². The van der Waals surface area contributed by atoms with Crippen molar-refractivity contribution in [2.45, 2.75) is 13.2 Å². The van der Waals surface area contributed by atoms with Crippen molar-refractivity contribution in [3.05, 3.63) is 63.1 Å². The summed E-state index contributed by atoms with van der Waals surface area (Å²) >= 11 is 12.1. The van der Waals surface area contributed by atoms with Crippen LogP contribution >= 0.6 is 23.2 Å². The van der Waals surface area contributed by atoms with Crippen molar-refractivity contribution >= 4 is 23.2 Å². The molecule has 20 heavy (non-hydrogen) atoms. The lowest BCUT2D eigenvalue weighted by atomic mass is 10.1. The van der Waals surface area contributed by atoms with Gasteiger partial charge in [0, 0.05) is 16.1 Å². The first-order chi connectivity index (χ1) is 9.65. The zero-order valence-corrected chi connectivity index (χ0v) is 11.9. The molecule has 0 aliphatic heterocycles. The van der Waals surface area contributed by atoms with Gasteiger partial charge in [0.2, 0.25) is 0 Å². The number of halogens is 2. The maximum Gasteiger partial charge on any atom is 0.143 e. The largest absolute Gasteiger partial charge is 0.487 e. The van der Waals surface area contributed by atoms with Gasteiger partial charge in [-0.25, -0.2) is 0 Å². The Morgan fingerprint density at radius 1 is 1.10 bits per heavy atom. The first-order valence-corrected chi connectivity index (χ1v) is 6.61. The summed E-state index contributed by atoms with van der Waals surface area (Å²) in [6, 6.07) is 12.2. The van der Waals surface area contributed by atoms with E-state index in [2.05, 4.69) is 0 Å². The lowest BCUT2D eigenvalue weighted by Gasteiger charge is -2.12. The lowest BCUT2D eigenvalue weighted by molar-refractivity contribution is 0.259. The fourth-order valence-electron chi connectivity index (χ4n) is 1.72. The summed E-state index contributed by atoms with van der Waals surface area (Å²) in [5, 5.41) is 18.9. The van der Waals surface area contributed by atoms with Gasteiger partial charge < -0.3 is 9.84 Å². The predicted octanol–water partition coefficient (Wildman–Crippen LogP) is 3.94. The summed E-state index contributed by atoms with van der Waals surface area (Å²) in [5.74, 6) is 0.442. The second-order valence-corrected chi connectivity index (χ2v) is 4.91. The normalized spacial score (nSPS) is 10.1. The Bertz CT molecular complexity index is 665. The molecule has 2 aromatic rings. The van der Waals surface area contributed by atoms with Gasteiger partial charge in [-0.1, -0.05) is 41.4 Å². The average molecular weight is 308 g/mol. The van der Waals surface area contributed by atoms with E-state index in [1.54, 1.807) is 36.4 Å². The molecule has 0 saturated carbocycles. The SMILES string of the molecule is N#Cc1ccc(COc2c(Cl)cccc2CO)c(Cl)c1. The molecule has 0 atom stereocenters. The second kappa shape index (κ2) is 6.62. The van der Waals surface area contributed by atoms with Crippen LogP contribution in [0.5, 0.6) is 5.75 Å². The maximum atomic E-state index is 9.26.